The Balaban J connectivity index is 1.61. The van der Waals surface area contributed by atoms with Crippen molar-refractivity contribution in [3.8, 4) is 0 Å². The van der Waals surface area contributed by atoms with Gasteiger partial charge in [0.15, 0.2) is 0 Å². The van der Waals surface area contributed by atoms with Crippen LogP contribution in [-0.2, 0) is 9.47 Å². The lowest BCUT2D eigenvalue weighted by Gasteiger charge is -2.52. The smallest absolute Gasteiger partial charge is 0.0589 e. The van der Waals surface area contributed by atoms with Gasteiger partial charge in [-0.1, -0.05) is 13.3 Å². The monoisotopic (exact) mass is 283 g/mol. The van der Waals surface area contributed by atoms with Gasteiger partial charge in [0.05, 0.1) is 12.2 Å². The van der Waals surface area contributed by atoms with Gasteiger partial charge in [-0.3, -0.25) is 0 Å². The summed E-state index contributed by atoms with van der Waals surface area (Å²) in [4.78, 5) is 2.61. The van der Waals surface area contributed by atoms with Gasteiger partial charge < -0.3 is 14.4 Å². The van der Waals surface area contributed by atoms with Crippen LogP contribution in [0.2, 0.25) is 0 Å². The molecule has 1 atom stereocenters. The van der Waals surface area contributed by atoms with E-state index in [1.54, 1.807) is 7.11 Å². The lowest BCUT2D eigenvalue weighted by molar-refractivity contribution is -0.129. The standard InChI is InChI=1S/C17H33NO2/c1-4-6-15(2)20-16-13-17(14-16)7-10-18(11-8-17)9-5-12-19-3/h15-16H,4-14H2,1-3H3. The third-order valence-electron chi connectivity index (χ3n) is 5.18. The molecule has 3 nitrogen and oxygen atoms in total. The van der Waals surface area contributed by atoms with Crippen molar-refractivity contribution in [2.45, 2.75) is 71.0 Å². The Morgan fingerprint density at radius 1 is 1.25 bits per heavy atom. The molecule has 2 fully saturated rings. The molecule has 1 spiro atoms. The topological polar surface area (TPSA) is 21.7 Å². The summed E-state index contributed by atoms with van der Waals surface area (Å²) in [6.07, 6.45) is 9.99. The minimum absolute atomic E-state index is 0.455. The maximum atomic E-state index is 6.13. The van der Waals surface area contributed by atoms with Gasteiger partial charge in [-0.15, -0.1) is 0 Å². The molecule has 2 aliphatic rings. The van der Waals surface area contributed by atoms with Crippen molar-refractivity contribution < 1.29 is 9.47 Å². The first-order valence-electron chi connectivity index (χ1n) is 8.54. The summed E-state index contributed by atoms with van der Waals surface area (Å²) >= 11 is 0. The molecule has 0 amide bonds. The molecule has 0 aromatic heterocycles. The minimum atomic E-state index is 0.455. The van der Waals surface area contributed by atoms with E-state index in [4.69, 9.17) is 9.47 Å². The first-order valence-corrected chi connectivity index (χ1v) is 8.54. The fourth-order valence-corrected chi connectivity index (χ4v) is 3.90. The second-order valence-corrected chi connectivity index (χ2v) is 6.95. The third kappa shape index (κ3) is 4.44. The van der Waals surface area contributed by atoms with Crippen LogP contribution in [0.3, 0.4) is 0 Å². The number of nitrogens with zero attached hydrogens (tertiary/aromatic N) is 1. The Hall–Kier alpha value is -0.120. The van der Waals surface area contributed by atoms with E-state index in [2.05, 4.69) is 18.7 Å². The van der Waals surface area contributed by atoms with Crippen LogP contribution in [0.15, 0.2) is 0 Å². The van der Waals surface area contributed by atoms with Crippen molar-refractivity contribution in [1.82, 2.24) is 4.90 Å². The lowest BCUT2D eigenvalue weighted by Crippen LogP contribution is -2.50. The molecule has 0 aromatic carbocycles. The SMILES string of the molecule is CCCC(C)OC1CC2(CCN(CCCOC)CC2)C1. The molecule has 1 aliphatic heterocycles. The van der Waals surface area contributed by atoms with Crippen LogP contribution in [0.5, 0.6) is 0 Å². The van der Waals surface area contributed by atoms with E-state index in [-0.39, 0.29) is 0 Å². The van der Waals surface area contributed by atoms with Crippen LogP contribution in [-0.4, -0.2) is 50.5 Å². The number of methoxy groups -OCH3 is 1. The number of rotatable bonds is 8. The summed E-state index contributed by atoms with van der Waals surface area (Å²) in [5.74, 6) is 0. The minimum Gasteiger partial charge on any atom is -0.385 e. The van der Waals surface area contributed by atoms with Crippen LogP contribution in [0, 0.1) is 5.41 Å². The molecular weight excluding hydrogens is 250 g/mol. The molecular formula is C17H33NO2. The highest BCUT2D eigenvalue weighted by Crippen LogP contribution is 2.50. The normalized spacial score (nSPS) is 24.8. The Kier molecular flexibility index (Phi) is 6.31. The van der Waals surface area contributed by atoms with E-state index in [0.717, 1.165) is 6.61 Å². The predicted octanol–water partition coefficient (Wildman–Crippen LogP) is 3.47. The first-order chi connectivity index (χ1) is 9.67. The van der Waals surface area contributed by atoms with Gasteiger partial charge in [-0.05, 0) is 64.0 Å². The fraction of sp³-hybridized carbons (Fsp3) is 1.00. The molecule has 1 saturated heterocycles. The van der Waals surface area contributed by atoms with Crippen LogP contribution in [0.4, 0.5) is 0 Å². The number of ether oxygens (including phenoxy) is 2. The fourth-order valence-electron chi connectivity index (χ4n) is 3.90. The molecule has 1 heterocycles. The van der Waals surface area contributed by atoms with Gasteiger partial charge in [0.2, 0.25) is 0 Å². The highest BCUT2D eigenvalue weighted by molar-refractivity contribution is 4.98. The average molecular weight is 283 g/mol. The summed E-state index contributed by atoms with van der Waals surface area (Å²) in [6.45, 7) is 9.13. The summed E-state index contributed by atoms with van der Waals surface area (Å²) in [5, 5.41) is 0. The van der Waals surface area contributed by atoms with E-state index >= 15 is 0 Å². The summed E-state index contributed by atoms with van der Waals surface area (Å²) in [5.41, 5.74) is 0.633. The molecule has 0 bridgehead atoms. The molecule has 118 valence electrons. The molecule has 2 rings (SSSR count). The van der Waals surface area contributed by atoms with Crippen molar-refractivity contribution in [3.05, 3.63) is 0 Å². The Labute approximate surface area is 125 Å². The number of likely N-dealkylation sites (tertiary alicyclic amines) is 1. The summed E-state index contributed by atoms with van der Waals surface area (Å²) in [7, 11) is 1.79. The highest BCUT2D eigenvalue weighted by atomic mass is 16.5. The van der Waals surface area contributed by atoms with Crippen LogP contribution < -0.4 is 0 Å². The summed E-state index contributed by atoms with van der Waals surface area (Å²) in [6, 6.07) is 0. The largest absolute Gasteiger partial charge is 0.385 e. The second kappa shape index (κ2) is 7.77. The molecule has 0 radical (unpaired) electrons. The van der Waals surface area contributed by atoms with Crippen molar-refractivity contribution in [2.24, 2.45) is 5.41 Å². The van der Waals surface area contributed by atoms with Crippen molar-refractivity contribution >= 4 is 0 Å². The number of hydrogen-bond acceptors (Lipinski definition) is 3. The van der Waals surface area contributed by atoms with Crippen molar-refractivity contribution in [3.63, 3.8) is 0 Å². The maximum absolute atomic E-state index is 6.13. The van der Waals surface area contributed by atoms with Gasteiger partial charge in [0.1, 0.15) is 0 Å². The van der Waals surface area contributed by atoms with E-state index in [9.17, 15) is 0 Å². The molecule has 3 heteroatoms. The molecule has 1 aliphatic carbocycles. The number of hydrogen-bond donors (Lipinski definition) is 0. The summed E-state index contributed by atoms with van der Waals surface area (Å²) < 4.78 is 11.3. The van der Waals surface area contributed by atoms with Crippen molar-refractivity contribution in [1.29, 1.82) is 0 Å². The van der Waals surface area contributed by atoms with Gasteiger partial charge in [0, 0.05) is 20.3 Å². The average Bonchev–Trinajstić information content (AvgIpc) is 2.39. The number of piperidine rings is 1. The zero-order valence-electron chi connectivity index (χ0n) is 13.7. The van der Waals surface area contributed by atoms with Crippen LogP contribution >= 0.6 is 0 Å². The van der Waals surface area contributed by atoms with Gasteiger partial charge >= 0.3 is 0 Å². The third-order valence-corrected chi connectivity index (χ3v) is 5.18. The van der Waals surface area contributed by atoms with E-state index < -0.39 is 0 Å². The first kappa shape index (κ1) is 16.3. The molecule has 0 N–H and O–H groups in total. The van der Waals surface area contributed by atoms with E-state index in [1.165, 1.54) is 64.6 Å². The zero-order valence-corrected chi connectivity index (χ0v) is 13.7. The Morgan fingerprint density at radius 2 is 1.95 bits per heavy atom. The second-order valence-electron chi connectivity index (χ2n) is 6.95. The predicted molar refractivity (Wildman–Crippen MR) is 83.1 cm³/mol. The molecule has 20 heavy (non-hydrogen) atoms. The molecule has 1 unspecified atom stereocenters. The quantitative estimate of drug-likeness (QED) is 0.637. The van der Waals surface area contributed by atoms with Crippen LogP contribution in [0.1, 0.15) is 58.8 Å². The zero-order chi connectivity index (χ0) is 14.4. The Bertz CT molecular complexity index is 266. The molecule has 1 saturated carbocycles. The van der Waals surface area contributed by atoms with Gasteiger partial charge in [-0.25, -0.2) is 0 Å². The Morgan fingerprint density at radius 3 is 2.55 bits per heavy atom. The van der Waals surface area contributed by atoms with E-state index in [0.29, 0.717) is 17.6 Å². The van der Waals surface area contributed by atoms with Crippen molar-refractivity contribution in [2.75, 3.05) is 33.4 Å². The van der Waals surface area contributed by atoms with Gasteiger partial charge in [0.25, 0.3) is 0 Å². The van der Waals surface area contributed by atoms with Gasteiger partial charge in [-0.2, -0.15) is 0 Å². The van der Waals surface area contributed by atoms with E-state index in [1.807, 2.05) is 0 Å². The molecule has 0 aromatic rings. The highest BCUT2D eigenvalue weighted by Gasteiger charge is 2.46. The maximum Gasteiger partial charge on any atom is 0.0589 e. The lowest BCUT2D eigenvalue weighted by atomic mass is 9.61. The van der Waals surface area contributed by atoms with Crippen LogP contribution in [0.25, 0.3) is 0 Å².